The number of carboxylic acid groups (broad SMARTS) is 1. The molecule has 3 rings (SSSR count). The van der Waals surface area contributed by atoms with E-state index >= 15 is 0 Å². The smallest absolute Gasteiger partial charge is 0.344 e. The van der Waals surface area contributed by atoms with Gasteiger partial charge in [0.05, 0.1) is 5.56 Å². The molecule has 5 nitrogen and oxygen atoms in total. The summed E-state index contributed by atoms with van der Waals surface area (Å²) in [4.78, 5) is 23.0. The number of rotatable bonds is 4. The second kappa shape index (κ2) is 5.96. The molecule has 1 N–H and O–H groups in total. The number of aliphatic carboxylic acids is 1. The third-order valence-electron chi connectivity index (χ3n) is 3.41. The monoisotopic (exact) mass is 310 g/mol. The lowest BCUT2D eigenvalue weighted by Gasteiger charge is -2.10. The van der Waals surface area contributed by atoms with E-state index in [0.29, 0.717) is 17.1 Å². The van der Waals surface area contributed by atoms with Crippen LogP contribution in [0.25, 0.3) is 6.08 Å². The number of carbonyl (C=O) groups is 2. The molecule has 0 spiro atoms. The van der Waals surface area contributed by atoms with E-state index in [-0.39, 0.29) is 11.5 Å². The van der Waals surface area contributed by atoms with Crippen molar-refractivity contribution in [2.75, 3.05) is 0 Å². The van der Waals surface area contributed by atoms with Crippen molar-refractivity contribution < 1.29 is 24.2 Å². The number of Topliss-reactive ketones (excluding diaryl/α,β-unsaturated/α-hetero) is 1. The summed E-state index contributed by atoms with van der Waals surface area (Å²) in [7, 11) is 0. The standard InChI is InChI=1S/C18H14O5/c1-11(18(20)21)22-13-8-6-12(7-9-13)10-16-17(19)14-4-2-3-5-15(14)23-16/h2-11H,1H3,(H,20,21)/b16-10+. The van der Waals surface area contributed by atoms with Gasteiger partial charge in [-0.25, -0.2) is 4.79 Å². The Morgan fingerprint density at radius 3 is 2.52 bits per heavy atom. The minimum absolute atomic E-state index is 0.152. The molecular weight excluding hydrogens is 296 g/mol. The lowest BCUT2D eigenvalue weighted by molar-refractivity contribution is -0.144. The molecule has 1 unspecified atom stereocenters. The van der Waals surface area contributed by atoms with E-state index in [4.69, 9.17) is 14.6 Å². The fourth-order valence-electron chi connectivity index (χ4n) is 2.18. The van der Waals surface area contributed by atoms with E-state index in [9.17, 15) is 9.59 Å². The van der Waals surface area contributed by atoms with Gasteiger partial charge in [0.25, 0.3) is 0 Å². The SMILES string of the molecule is CC(Oc1ccc(/C=C2/Oc3ccccc3C2=O)cc1)C(=O)O. The largest absolute Gasteiger partial charge is 0.479 e. The van der Waals surface area contributed by atoms with Gasteiger partial charge in [0.1, 0.15) is 11.5 Å². The molecule has 2 aromatic rings. The summed E-state index contributed by atoms with van der Waals surface area (Å²) in [6, 6.07) is 13.8. The summed E-state index contributed by atoms with van der Waals surface area (Å²) in [5, 5.41) is 8.81. The van der Waals surface area contributed by atoms with Crippen LogP contribution in [0.1, 0.15) is 22.8 Å². The number of carboxylic acids is 1. The molecule has 23 heavy (non-hydrogen) atoms. The number of hydrogen-bond donors (Lipinski definition) is 1. The Bertz CT molecular complexity index is 789. The van der Waals surface area contributed by atoms with E-state index in [2.05, 4.69) is 0 Å². The molecule has 0 saturated heterocycles. The molecule has 0 saturated carbocycles. The van der Waals surface area contributed by atoms with E-state index in [1.165, 1.54) is 6.92 Å². The number of ketones is 1. The average molecular weight is 310 g/mol. The van der Waals surface area contributed by atoms with Gasteiger partial charge in [-0.3, -0.25) is 4.79 Å². The fourth-order valence-corrected chi connectivity index (χ4v) is 2.18. The van der Waals surface area contributed by atoms with E-state index in [1.807, 2.05) is 6.07 Å². The highest BCUT2D eigenvalue weighted by Gasteiger charge is 2.26. The predicted molar refractivity (Wildman–Crippen MR) is 83.5 cm³/mol. The number of para-hydroxylation sites is 1. The van der Waals surface area contributed by atoms with Gasteiger partial charge < -0.3 is 14.6 Å². The van der Waals surface area contributed by atoms with Gasteiger partial charge in [-0.15, -0.1) is 0 Å². The van der Waals surface area contributed by atoms with Crippen molar-refractivity contribution in [2.24, 2.45) is 0 Å². The quantitative estimate of drug-likeness (QED) is 0.878. The highest BCUT2D eigenvalue weighted by atomic mass is 16.5. The fraction of sp³-hybridized carbons (Fsp3) is 0.111. The normalized spacial score (nSPS) is 15.9. The van der Waals surface area contributed by atoms with Crippen LogP contribution in [-0.2, 0) is 4.79 Å². The molecule has 1 heterocycles. The summed E-state index contributed by atoms with van der Waals surface area (Å²) >= 11 is 0. The van der Waals surface area contributed by atoms with Crippen LogP contribution >= 0.6 is 0 Å². The molecule has 0 aromatic heterocycles. The topological polar surface area (TPSA) is 72.8 Å². The predicted octanol–water partition coefficient (Wildman–Crippen LogP) is 3.15. The molecule has 116 valence electrons. The zero-order chi connectivity index (χ0) is 16.4. The minimum atomic E-state index is -1.03. The number of carbonyl (C=O) groups excluding carboxylic acids is 1. The summed E-state index contributed by atoms with van der Waals surface area (Å²) in [6.45, 7) is 1.46. The molecule has 2 aromatic carbocycles. The second-order valence-corrected chi connectivity index (χ2v) is 5.10. The summed E-state index contributed by atoms with van der Waals surface area (Å²) in [5.41, 5.74) is 1.31. The molecule has 1 aliphatic heterocycles. The Morgan fingerprint density at radius 1 is 1.17 bits per heavy atom. The number of ether oxygens (including phenoxy) is 2. The third kappa shape index (κ3) is 3.08. The van der Waals surface area contributed by atoms with Gasteiger partial charge >= 0.3 is 5.97 Å². The number of allylic oxidation sites excluding steroid dienone is 1. The lowest BCUT2D eigenvalue weighted by Crippen LogP contribution is -2.22. The highest BCUT2D eigenvalue weighted by Crippen LogP contribution is 2.31. The van der Waals surface area contributed by atoms with Crippen LogP contribution in [0.15, 0.2) is 54.3 Å². The maximum atomic E-state index is 12.2. The Labute approximate surface area is 132 Å². The average Bonchev–Trinajstić information content (AvgIpc) is 2.86. The number of benzene rings is 2. The summed E-state index contributed by atoms with van der Waals surface area (Å²) in [5.74, 6) is 0.0844. The summed E-state index contributed by atoms with van der Waals surface area (Å²) < 4.78 is 10.8. The van der Waals surface area contributed by atoms with Crippen LogP contribution in [0.4, 0.5) is 0 Å². The Morgan fingerprint density at radius 2 is 1.87 bits per heavy atom. The van der Waals surface area contributed by atoms with Gasteiger partial charge in [-0.2, -0.15) is 0 Å². The van der Waals surface area contributed by atoms with Gasteiger partial charge in [-0.05, 0) is 42.8 Å². The Kier molecular flexibility index (Phi) is 3.85. The Hall–Kier alpha value is -3.08. The molecular formula is C18H14O5. The summed E-state index contributed by atoms with van der Waals surface area (Å²) in [6.07, 6.45) is 0.723. The van der Waals surface area contributed by atoms with E-state index in [0.717, 1.165) is 5.56 Å². The Balaban J connectivity index is 1.77. The first-order chi connectivity index (χ1) is 11.0. The maximum Gasteiger partial charge on any atom is 0.344 e. The zero-order valence-electron chi connectivity index (χ0n) is 12.4. The molecule has 0 fully saturated rings. The first-order valence-corrected chi connectivity index (χ1v) is 7.07. The van der Waals surface area contributed by atoms with E-state index in [1.54, 1.807) is 48.5 Å². The number of hydrogen-bond acceptors (Lipinski definition) is 4. The van der Waals surface area contributed by atoms with Gasteiger partial charge in [0, 0.05) is 0 Å². The van der Waals surface area contributed by atoms with Crippen LogP contribution in [0, 0.1) is 0 Å². The van der Waals surface area contributed by atoms with Crippen molar-refractivity contribution in [1.82, 2.24) is 0 Å². The molecule has 0 aliphatic carbocycles. The van der Waals surface area contributed by atoms with Crippen molar-refractivity contribution >= 4 is 17.8 Å². The molecule has 0 amide bonds. The third-order valence-corrected chi connectivity index (χ3v) is 3.41. The van der Waals surface area contributed by atoms with Crippen LogP contribution in [0.3, 0.4) is 0 Å². The zero-order valence-corrected chi connectivity index (χ0v) is 12.4. The molecule has 1 aliphatic rings. The van der Waals surface area contributed by atoms with E-state index < -0.39 is 12.1 Å². The number of fused-ring (bicyclic) bond motifs is 1. The molecule has 0 bridgehead atoms. The van der Waals surface area contributed by atoms with Gasteiger partial charge in [0.2, 0.25) is 5.78 Å². The first-order valence-electron chi connectivity index (χ1n) is 7.07. The molecule has 1 atom stereocenters. The van der Waals surface area contributed by atoms with Crippen molar-refractivity contribution in [2.45, 2.75) is 13.0 Å². The van der Waals surface area contributed by atoms with Crippen LogP contribution in [-0.4, -0.2) is 23.0 Å². The maximum absolute atomic E-state index is 12.2. The van der Waals surface area contributed by atoms with Crippen molar-refractivity contribution in [1.29, 1.82) is 0 Å². The van der Waals surface area contributed by atoms with Gasteiger partial charge in [-0.1, -0.05) is 24.3 Å². The van der Waals surface area contributed by atoms with Crippen molar-refractivity contribution in [3.05, 3.63) is 65.4 Å². The van der Waals surface area contributed by atoms with Crippen molar-refractivity contribution in [3.63, 3.8) is 0 Å². The second-order valence-electron chi connectivity index (χ2n) is 5.10. The lowest BCUT2D eigenvalue weighted by atomic mass is 10.1. The van der Waals surface area contributed by atoms with Crippen LogP contribution < -0.4 is 9.47 Å². The molecule has 0 radical (unpaired) electrons. The highest BCUT2D eigenvalue weighted by molar-refractivity contribution is 6.14. The van der Waals surface area contributed by atoms with Crippen molar-refractivity contribution in [3.8, 4) is 11.5 Å². The minimum Gasteiger partial charge on any atom is -0.479 e. The molecule has 5 heteroatoms. The van der Waals surface area contributed by atoms with Crippen LogP contribution in [0.5, 0.6) is 11.5 Å². The first kappa shape index (κ1) is 14.8. The van der Waals surface area contributed by atoms with Crippen LogP contribution in [0.2, 0.25) is 0 Å². The van der Waals surface area contributed by atoms with Gasteiger partial charge in [0.15, 0.2) is 11.9 Å².